The Labute approximate surface area is 167 Å². The lowest BCUT2D eigenvalue weighted by Gasteiger charge is -2.52. The van der Waals surface area contributed by atoms with E-state index in [0.29, 0.717) is 18.9 Å². The van der Waals surface area contributed by atoms with Crippen molar-refractivity contribution in [3.05, 3.63) is 47.9 Å². The Bertz CT molecular complexity index is 790. The van der Waals surface area contributed by atoms with Gasteiger partial charge in [-0.05, 0) is 41.7 Å². The number of benzene rings is 1. The summed E-state index contributed by atoms with van der Waals surface area (Å²) in [5.74, 6) is 2.16. The fraction of sp³-hybridized carbons (Fsp3) is 0.565. The van der Waals surface area contributed by atoms with Gasteiger partial charge in [0, 0.05) is 18.5 Å². The van der Waals surface area contributed by atoms with Gasteiger partial charge in [-0.3, -0.25) is 4.79 Å². The van der Waals surface area contributed by atoms with Gasteiger partial charge >= 0.3 is 0 Å². The smallest absolute Gasteiger partial charge is 0.220 e. The van der Waals surface area contributed by atoms with Crippen LogP contribution in [0.15, 0.2) is 40.9 Å². The molecule has 1 heterocycles. The monoisotopic (exact) mass is 384 g/mol. The molecule has 0 bridgehead atoms. The van der Waals surface area contributed by atoms with E-state index in [1.807, 2.05) is 36.4 Å². The van der Waals surface area contributed by atoms with Gasteiger partial charge in [-0.2, -0.15) is 0 Å². The highest BCUT2D eigenvalue weighted by molar-refractivity contribution is 5.77. The second-order valence-electron chi connectivity index (χ2n) is 9.70. The number of nitrogens with one attached hydrogen (secondary N) is 1. The predicted octanol–water partition coefficient (Wildman–Crippen LogP) is 4.76. The summed E-state index contributed by atoms with van der Waals surface area (Å²) in [7, 11) is 0. The largest absolute Gasteiger partial charge is 0.486 e. The summed E-state index contributed by atoms with van der Waals surface area (Å²) in [5, 5.41) is 7.43. The third kappa shape index (κ3) is 5.15. The molecule has 152 valence electrons. The number of hydrogen-bond donors (Lipinski definition) is 1. The molecule has 0 aliphatic heterocycles. The first-order valence-electron chi connectivity index (χ1n) is 10.1. The number of rotatable bonds is 7. The van der Waals surface area contributed by atoms with E-state index in [1.165, 1.54) is 0 Å². The van der Waals surface area contributed by atoms with Crippen LogP contribution in [0.2, 0.25) is 0 Å². The van der Waals surface area contributed by atoms with E-state index in [0.717, 1.165) is 30.0 Å². The molecule has 1 aromatic heterocycles. The van der Waals surface area contributed by atoms with E-state index in [-0.39, 0.29) is 22.8 Å². The maximum absolute atomic E-state index is 12.3. The Balaban J connectivity index is 1.48. The zero-order valence-electron chi connectivity index (χ0n) is 17.6. The molecule has 2 aromatic rings. The van der Waals surface area contributed by atoms with Crippen molar-refractivity contribution >= 4 is 5.91 Å². The summed E-state index contributed by atoms with van der Waals surface area (Å²) in [6.07, 6.45) is 2.39. The predicted molar refractivity (Wildman–Crippen MR) is 109 cm³/mol. The van der Waals surface area contributed by atoms with Crippen LogP contribution in [0.25, 0.3) is 0 Å². The quantitative estimate of drug-likeness (QED) is 0.747. The van der Waals surface area contributed by atoms with Gasteiger partial charge in [0.15, 0.2) is 5.76 Å². The third-order valence-electron chi connectivity index (χ3n) is 5.68. The lowest BCUT2D eigenvalue weighted by molar-refractivity contribution is -0.127. The van der Waals surface area contributed by atoms with Crippen molar-refractivity contribution in [3.63, 3.8) is 0 Å². The summed E-state index contributed by atoms with van der Waals surface area (Å²) in [5.41, 5.74) is 1.01. The molecule has 1 fully saturated rings. The summed E-state index contributed by atoms with van der Waals surface area (Å²) >= 11 is 0. The number of carbonyl (C=O) groups is 1. The van der Waals surface area contributed by atoms with Gasteiger partial charge in [0.2, 0.25) is 5.91 Å². The van der Waals surface area contributed by atoms with Crippen LogP contribution >= 0.6 is 0 Å². The van der Waals surface area contributed by atoms with Crippen LogP contribution in [0.4, 0.5) is 0 Å². The number of nitrogens with zero attached hydrogens (tertiary/aromatic N) is 1. The van der Waals surface area contributed by atoms with Gasteiger partial charge in [0.05, 0.1) is 5.69 Å². The second-order valence-corrected chi connectivity index (χ2v) is 9.70. The van der Waals surface area contributed by atoms with Gasteiger partial charge in [0.1, 0.15) is 12.4 Å². The molecule has 0 unspecified atom stereocenters. The topological polar surface area (TPSA) is 64.4 Å². The Morgan fingerprint density at radius 1 is 1.29 bits per heavy atom. The van der Waals surface area contributed by atoms with E-state index in [2.05, 4.69) is 45.1 Å². The first kappa shape index (κ1) is 20.4. The minimum Gasteiger partial charge on any atom is -0.486 e. The summed E-state index contributed by atoms with van der Waals surface area (Å²) in [6, 6.07) is 11.9. The molecule has 28 heavy (non-hydrogen) atoms. The standard InChI is InChI=1S/C23H32N2O3/c1-22(2,3)14-21(26)24-20-12-16(23(20,4)5)11-17-13-19(28-25-17)15-27-18-9-7-6-8-10-18/h6-10,13,16,20H,11-12,14-15H2,1-5H3,(H,24,26)/t16-,20+/m1/s1. The zero-order chi connectivity index (χ0) is 20.4. The molecule has 3 rings (SSSR count). The average Bonchev–Trinajstić information content (AvgIpc) is 3.06. The molecule has 1 N–H and O–H groups in total. The van der Waals surface area contributed by atoms with Gasteiger partial charge in [-0.25, -0.2) is 0 Å². The number of ether oxygens (including phenoxy) is 1. The van der Waals surface area contributed by atoms with E-state index >= 15 is 0 Å². The van der Waals surface area contributed by atoms with E-state index in [9.17, 15) is 4.79 Å². The average molecular weight is 385 g/mol. The van der Waals surface area contributed by atoms with Crippen molar-refractivity contribution in [2.75, 3.05) is 0 Å². The number of para-hydroxylation sites is 1. The molecule has 5 nitrogen and oxygen atoms in total. The first-order valence-corrected chi connectivity index (χ1v) is 10.1. The summed E-state index contributed by atoms with van der Waals surface area (Å²) in [6.45, 7) is 11.1. The van der Waals surface area contributed by atoms with Gasteiger partial charge < -0.3 is 14.6 Å². The number of amides is 1. The van der Waals surface area contributed by atoms with Crippen LogP contribution in [-0.2, 0) is 17.8 Å². The molecule has 0 saturated heterocycles. The van der Waals surface area contributed by atoms with Crippen molar-refractivity contribution in [1.29, 1.82) is 0 Å². The molecule has 2 atom stereocenters. The maximum atomic E-state index is 12.3. The van der Waals surface area contributed by atoms with Gasteiger partial charge in [-0.15, -0.1) is 0 Å². The molecule has 0 radical (unpaired) electrons. The van der Waals surface area contributed by atoms with Crippen LogP contribution in [0, 0.1) is 16.7 Å². The van der Waals surface area contributed by atoms with Crippen LogP contribution in [0.1, 0.15) is 58.9 Å². The molecule has 1 amide bonds. The summed E-state index contributed by atoms with van der Waals surface area (Å²) in [4.78, 5) is 12.3. The highest BCUT2D eigenvalue weighted by Crippen LogP contribution is 2.47. The Morgan fingerprint density at radius 2 is 2.00 bits per heavy atom. The fourth-order valence-electron chi connectivity index (χ4n) is 3.78. The summed E-state index contributed by atoms with van der Waals surface area (Å²) < 4.78 is 11.1. The lowest BCUT2D eigenvalue weighted by Crippen LogP contribution is -2.59. The fourth-order valence-corrected chi connectivity index (χ4v) is 3.78. The molecule has 0 spiro atoms. The second kappa shape index (κ2) is 7.98. The third-order valence-corrected chi connectivity index (χ3v) is 5.68. The van der Waals surface area contributed by atoms with Crippen molar-refractivity contribution in [2.45, 2.75) is 66.5 Å². The van der Waals surface area contributed by atoms with Crippen molar-refractivity contribution in [3.8, 4) is 5.75 Å². The molecular weight excluding hydrogens is 352 g/mol. The zero-order valence-corrected chi connectivity index (χ0v) is 17.6. The number of aromatic nitrogens is 1. The molecular formula is C23H32N2O3. The lowest BCUT2D eigenvalue weighted by atomic mass is 9.57. The van der Waals surface area contributed by atoms with Crippen LogP contribution in [0.3, 0.4) is 0 Å². The highest BCUT2D eigenvalue weighted by Gasteiger charge is 2.48. The van der Waals surface area contributed by atoms with E-state index in [1.54, 1.807) is 0 Å². The molecule has 1 aromatic carbocycles. The van der Waals surface area contributed by atoms with Crippen LogP contribution in [-0.4, -0.2) is 17.1 Å². The Hall–Kier alpha value is -2.30. The van der Waals surface area contributed by atoms with Crippen molar-refractivity contribution in [2.24, 2.45) is 16.7 Å². The molecule has 1 saturated carbocycles. The SMILES string of the molecule is CC(C)(C)CC(=O)N[C@H]1C[C@@H](Cc2cc(COc3ccccc3)on2)C1(C)C. The molecule has 1 aliphatic rings. The van der Waals surface area contributed by atoms with Gasteiger partial charge in [0.25, 0.3) is 0 Å². The van der Waals surface area contributed by atoms with Crippen molar-refractivity contribution in [1.82, 2.24) is 10.5 Å². The Kier molecular flexibility index (Phi) is 5.82. The minimum absolute atomic E-state index is 0.0102. The molecule has 5 heteroatoms. The number of carbonyl (C=O) groups excluding carboxylic acids is 1. The van der Waals surface area contributed by atoms with Crippen LogP contribution in [0.5, 0.6) is 5.75 Å². The minimum atomic E-state index is 0.0102. The van der Waals surface area contributed by atoms with Crippen LogP contribution < -0.4 is 10.1 Å². The molecule has 1 aliphatic carbocycles. The highest BCUT2D eigenvalue weighted by atomic mass is 16.5. The van der Waals surface area contributed by atoms with Crippen molar-refractivity contribution < 1.29 is 14.1 Å². The Morgan fingerprint density at radius 3 is 2.64 bits per heavy atom. The number of hydrogen-bond acceptors (Lipinski definition) is 4. The maximum Gasteiger partial charge on any atom is 0.220 e. The normalized spacial score (nSPS) is 21.0. The van der Waals surface area contributed by atoms with E-state index < -0.39 is 0 Å². The van der Waals surface area contributed by atoms with Gasteiger partial charge in [-0.1, -0.05) is 58.0 Å². The van der Waals surface area contributed by atoms with E-state index in [4.69, 9.17) is 9.26 Å². The first-order chi connectivity index (χ1) is 13.1.